The van der Waals surface area contributed by atoms with Gasteiger partial charge in [0.25, 0.3) is 0 Å². The monoisotopic (exact) mass is 529 g/mol. The van der Waals surface area contributed by atoms with Crippen LogP contribution in [0, 0.1) is 11.3 Å². The van der Waals surface area contributed by atoms with Gasteiger partial charge in [-0.3, -0.25) is 4.79 Å². The molecule has 35 heavy (non-hydrogen) atoms. The van der Waals surface area contributed by atoms with Crippen LogP contribution in [0.1, 0.15) is 71.3 Å². The molecule has 1 amide bonds. The smallest absolute Gasteiger partial charge is 0.341 e. The van der Waals surface area contributed by atoms with Crippen LogP contribution < -0.4 is 5.32 Å². The number of hydrogen-bond acceptors (Lipinski definition) is 8. The molecule has 1 atom stereocenters. The molecule has 0 unspecified atom stereocenters. The van der Waals surface area contributed by atoms with E-state index in [9.17, 15) is 9.59 Å². The Morgan fingerprint density at radius 2 is 1.91 bits per heavy atom. The Balaban J connectivity index is 1.35. The molecule has 0 saturated heterocycles. The van der Waals surface area contributed by atoms with E-state index in [-0.39, 0.29) is 23.0 Å². The Morgan fingerprint density at radius 1 is 1.11 bits per heavy atom. The van der Waals surface area contributed by atoms with Crippen LogP contribution in [0.5, 0.6) is 0 Å². The number of fused-ring (bicyclic) bond motifs is 4. The van der Waals surface area contributed by atoms with Crippen LogP contribution in [-0.2, 0) is 35.2 Å². The summed E-state index contributed by atoms with van der Waals surface area (Å²) < 4.78 is 5.09. The third kappa shape index (κ3) is 4.87. The summed E-state index contributed by atoms with van der Waals surface area (Å²) in [5, 5.41) is 5.64. The number of hydrogen-bond donors (Lipinski definition) is 1. The van der Waals surface area contributed by atoms with E-state index >= 15 is 0 Å². The van der Waals surface area contributed by atoms with E-state index in [4.69, 9.17) is 4.74 Å². The van der Waals surface area contributed by atoms with Gasteiger partial charge in [-0.25, -0.2) is 14.8 Å². The molecule has 5 rings (SSSR count). The highest BCUT2D eigenvalue weighted by atomic mass is 32.2. The van der Waals surface area contributed by atoms with Crippen LogP contribution in [0.4, 0.5) is 5.00 Å². The molecule has 0 aliphatic heterocycles. The average molecular weight is 530 g/mol. The minimum absolute atomic E-state index is 0.137. The van der Waals surface area contributed by atoms with Crippen molar-refractivity contribution in [1.29, 1.82) is 0 Å². The highest BCUT2D eigenvalue weighted by Gasteiger charge is 2.34. The van der Waals surface area contributed by atoms with Crippen LogP contribution in [0.25, 0.3) is 10.2 Å². The van der Waals surface area contributed by atoms with Crippen LogP contribution in [0.3, 0.4) is 0 Å². The Labute approximate surface area is 218 Å². The lowest BCUT2D eigenvalue weighted by atomic mass is 9.72. The number of esters is 1. The van der Waals surface area contributed by atoms with Gasteiger partial charge in [-0.05, 0) is 67.4 Å². The summed E-state index contributed by atoms with van der Waals surface area (Å²) in [7, 11) is 1.40. The number of ether oxygens (including phenoxy) is 1. The van der Waals surface area contributed by atoms with Crippen molar-refractivity contribution < 1.29 is 14.3 Å². The number of aromatic nitrogens is 2. The zero-order valence-corrected chi connectivity index (χ0v) is 23.1. The summed E-state index contributed by atoms with van der Waals surface area (Å²) in [6.45, 7) is 6.81. The molecule has 0 bridgehead atoms. The van der Waals surface area contributed by atoms with Gasteiger partial charge in [0.2, 0.25) is 5.91 Å². The second-order valence-electron chi connectivity index (χ2n) is 10.4. The number of carbonyl (C=O) groups excluding carboxylic acids is 2. The maximum absolute atomic E-state index is 13.0. The lowest BCUT2D eigenvalue weighted by Gasteiger charge is -2.33. The molecule has 0 fully saturated rings. The Morgan fingerprint density at radius 3 is 2.69 bits per heavy atom. The van der Waals surface area contributed by atoms with Crippen LogP contribution in [0.15, 0.2) is 11.4 Å². The van der Waals surface area contributed by atoms with Crippen molar-refractivity contribution in [3.8, 4) is 0 Å². The van der Waals surface area contributed by atoms with E-state index in [1.807, 2.05) is 0 Å². The van der Waals surface area contributed by atoms with Gasteiger partial charge in [0.15, 0.2) is 0 Å². The van der Waals surface area contributed by atoms with Gasteiger partial charge in [0.1, 0.15) is 21.2 Å². The number of nitrogens with one attached hydrogen (secondary N) is 1. The highest BCUT2D eigenvalue weighted by Crippen LogP contribution is 2.45. The average Bonchev–Trinajstić information content (AvgIpc) is 3.39. The molecular formula is C26H31N3O3S3. The number of rotatable bonds is 5. The van der Waals surface area contributed by atoms with E-state index in [1.54, 1.807) is 17.7 Å². The van der Waals surface area contributed by atoms with Gasteiger partial charge in [-0.15, -0.1) is 22.7 Å². The Bertz CT molecular complexity index is 1290. The van der Waals surface area contributed by atoms with Crippen molar-refractivity contribution in [2.75, 3.05) is 18.2 Å². The molecule has 9 heteroatoms. The van der Waals surface area contributed by atoms with Crippen LogP contribution in [0.2, 0.25) is 0 Å². The highest BCUT2D eigenvalue weighted by molar-refractivity contribution is 8.00. The molecule has 6 nitrogen and oxygen atoms in total. The third-order valence-electron chi connectivity index (χ3n) is 7.19. The summed E-state index contributed by atoms with van der Waals surface area (Å²) in [4.78, 5) is 38.3. The molecule has 2 aliphatic rings. The molecule has 2 aliphatic carbocycles. The van der Waals surface area contributed by atoms with Crippen molar-refractivity contribution in [3.63, 3.8) is 0 Å². The molecular weight excluding hydrogens is 499 g/mol. The molecule has 0 radical (unpaired) electrons. The lowest BCUT2D eigenvalue weighted by molar-refractivity contribution is -0.113. The normalized spacial score (nSPS) is 17.7. The van der Waals surface area contributed by atoms with Gasteiger partial charge in [0.05, 0.1) is 18.4 Å². The maximum Gasteiger partial charge on any atom is 0.341 e. The zero-order valence-electron chi connectivity index (χ0n) is 20.7. The van der Waals surface area contributed by atoms with Gasteiger partial charge < -0.3 is 10.1 Å². The van der Waals surface area contributed by atoms with E-state index < -0.39 is 0 Å². The predicted molar refractivity (Wildman–Crippen MR) is 144 cm³/mol. The van der Waals surface area contributed by atoms with Crippen LogP contribution >= 0.6 is 34.4 Å². The second kappa shape index (κ2) is 9.82. The van der Waals surface area contributed by atoms with E-state index in [1.165, 1.54) is 58.4 Å². The molecule has 0 aromatic carbocycles. The molecule has 0 spiro atoms. The summed E-state index contributed by atoms with van der Waals surface area (Å²) in [6, 6.07) is 0. The quantitative estimate of drug-likeness (QED) is 0.237. The molecule has 3 aromatic heterocycles. The first kappa shape index (κ1) is 24.7. The Kier molecular flexibility index (Phi) is 6.94. The second-order valence-corrected chi connectivity index (χ2v) is 13.6. The fraction of sp³-hybridized carbons (Fsp3) is 0.538. The first-order valence-corrected chi connectivity index (χ1v) is 14.8. The summed E-state index contributed by atoms with van der Waals surface area (Å²) in [5.74, 6) is 0.267. The first-order valence-electron chi connectivity index (χ1n) is 12.2. The number of thioether (sulfide) groups is 1. The topological polar surface area (TPSA) is 81.2 Å². The summed E-state index contributed by atoms with van der Waals surface area (Å²) >= 11 is 4.74. The summed E-state index contributed by atoms with van der Waals surface area (Å²) in [5.41, 5.74) is 3.16. The Hall–Kier alpha value is -1.97. The van der Waals surface area contributed by atoms with Crippen LogP contribution in [-0.4, -0.2) is 34.7 Å². The lowest BCUT2D eigenvalue weighted by Crippen LogP contribution is -2.26. The standard InChI is InChI=1S/C26H31N3O3S3/c1-26(2,3)14-9-10-16-18(11-14)35-24(21(16)25(31)32-4)29-19(30)12-33-22-20-15-7-5-6-8-17(15)34-23(20)28-13-27-22/h13-14H,5-12H2,1-4H3,(H,29,30)/t14-/m0/s1. The van der Waals surface area contributed by atoms with Crippen molar-refractivity contribution in [3.05, 3.63) is 32.8 Å². The molecule has 3 aromatic rings. The summed E-state index contributed by atoms with van der Waals surface area (Å²) in [6.07, 6.45) is 8.98. The van der Waals surface area contributed by atoms with Gasteiger partial charge in [-0.1, -0.05) is 32.5 Å². The van der Waals surface area contributed by atoms with E-state index in [0.717, 1.165) is 52.9 Å². The zero-order chi connectivity index (χ0) is 24.7. The van der Waals surface area contributed by atoms with Crippen molar-refractivity contribution >= 4 is 61.5 Å². The molecule has 186 valence electrons. The van der Waals surface area contributed by atoms with E-state index in [0.29, 0.717) is 16.5 Å². The molecule has 0 saturated carbocycles. The predicted octanol–water partition coefficient (Wildman–Crippen LogP) is 6.30. The number of aryl methyl sites for hydroxylation is 2. The largest absolute Gasteiger partial charge is 0.465 e. The molecule has 3 heterocycles. The maximum atomic E-state index is 13.0. The fourth-order valence-corrected chi connectivity index (χ4v) is 8.65. The fourth-order valence-electron chi connectivity index (χ4n) is 5.20. The van der Waals surface area contributed by atoms with Gasteiger partial charge >= 0.3 is 5.97 Å². The van der Waals surface area contributed by atoms with Gasteiger partial charge in [-0.2, -0.15) is 0 Å². The third-order valence-corrected chi connectivity index (χ3v) is 10.5. The van der Waals surface area contributed by atoms with Crippen molar-refractivity contribution in [1.82, 2.24) is 9.97 Å². The number of methoxy groups -OCH3 is 1. The number of anilines is 1. The number of carbonyl (C=O) groups is 2. The SMILES string of the molecule is COC(=O)c1c(NC(=O)CSc2ncnc3sc4c(c23)CCCC4)sc2c1CC[C@H](C(C)(C)C)C2. The number of amides is 1. The first-order chi connectivity index (χ1) is 16.8. The molecule has 1 N–H and O–H groups in total. The van der Waals surface area contributed by atoms with E-state index in [2.05, 4.69) is 36.1 Å². The van der Waals surface area contributed by atoms with Crippen molar-refractivity contribution in [2.24, 2.45) is 11.3 Å². The minimum Gasteiger partial charge on any atom is -0.465 e. The van der Waals surface area contributed by atoms with Gasteiger partial charge in [0, 0.05) is 15.1 Å². The minimum atomic E-state index is -0.373. The number of nitrogens with zero attached hydrogens (tertiary/aromatic N) is 2. The van der Waals surface area contributed by atoms with Crippen molar-refractivity contribution in [2.45, 2.75) is 70.7 Å². The number of thiophene rings is 2.